The lowest BCUT2D eigenvalue weighted by Gasteiger charge is -2.18. The molecule has 1 saturated heterocycles. The molecule has 0 bridgehead atoms. The molecule has 166 valence electrons. The van der Waals surface area contributed by atoms with Gasteiger partial charge in [0.05, 0.1) is 12.0 Å². The third kappa shape index (κ3) is 4.00. The number of carbonyl (C=O) groups is 4. The number of furan rings is 1. The van der Waals surface area contributed by atoms with Crippen LogP contribution in [0.3, 0.4) is 0 Å². The summed E-state index contributed by atoms with van der Waals surface area (Å²) in [6.45, 7) is 5.82. The first-order valence-electron chi connectivity index (χ1n) is 9.63. The van der Waals surface area contributed by atoms with Crippen LogP contribution in [0.5, 0.6) is 0 Å². The molecule has 0 radical (unpaired) electrons. The van der Waals surface area contributed by atoms with Gasteiger partial charge in [-0.3, -0.25) is 14.5 Å². The number of anilines is 1. The summed E-state index contributed by atoms with van der Waals surface area (Å²) >= 11 is 0. The smallest absolute Gasteiger partial charge is 0.342 e. The molecule has 0 aromatic carbocycles. The molecule has 12 nitrogen and oxygen atoms in total. The molecule has 3 amide bonds. The minimum atomic E-state index is -1.05. The Bertz CT molecular complexity index is 1080. The highest BCUT2D eigenvalue weighted by atomic mass is 16.5. The molecule has 1 unspecified atom stereocenters. The molecule has 0 aliphatic carbocycles. The molecule has 3 rings (SSSR count). The van der Waals surface area contributed by atoms with Crippen LogP contribution in [0.4, 0.5) is 10.6 Å². The first-order valence-corrected chi connectivity index (χ1v) is 9.63. The standard InChI is InChI=1S/C19H23N5O7/c1-5-19(4)17(27)24(18(28)23-19)7-11(25)30-8-10-21-14(20)13-12(16(26)29-6-2)9(3)31-15(13)22-10/h5-8H2,1-4H3,(H,23,28)(H2,20,21,22). The van der Waals surface area contributed by atoms with Crippen molar-refractivity contribution in [3.05, 3.63) is 17.1 Å². The Morgan fingerprint density at radius 1 is 1.23 bits per heavy atom. The molecule has 1 atom stereocenters. The number of ether oxygens (including phenoxy) is 2. The van der Waals surface area contributed by atoms with Crippen molar-refractivity contribution in [1.29, 1.82) is 0 Å². The number of rotatable bonds is 7. The van der Waals surface area contributed by atoms with Gasteiger partial charge in [0, 0.05) is 0 Å². The van der Waals surface area contributed by atoms with Crippen LogP contribution in [0.2, 0.25) is 0 Å². The second-order valence-electron chi connectivity index (χ2n) is 7.13. The number of aryl methyl sites for hydroxylation is 1. The van der Waals surface area contributed by atoms with Gasteiger partial charge in [-0.2, -0.15) is 4.98 Å². The SMILES string of the molecule is CCOC(=O)c1c(C)oc2nc(COC(=O)CN3C(=O)NC(C)(CC)C3=O)nc(N)c12. The fourth-order valence-electron chi connectivity index (χ4n) is 3.15. The zero-order valence-electron chi connectivity index (χ0n) is 17.6. The predicted octanol–water partition coefficient (Wildman–Crippen LogP) is 1.05. The van der Waals surface area contributed by atoms with Crippen molar-refractivity contribution in [2.45, 2.75) is 46.3 Å². The van der Waals surface area contributed by atoms with Gasteiger partial charge in [-0.15, -0.1) is 0 Å². The van der Waals surface area contributed by atoms with E-state index < -0.39 is 36.0 Å². The number of aromatic nitrogens is 2. The van der Waals surface area contributed by atoms with E-state index in [2.05, 4.69) is 15.3 Å². The maximum absolute atomic E-state index is 12.3. The number of carbonyl (C=O) groups excluding carboxylic acids is 4. The van der Waals surface area contributed by atoms with Crippen molar-refractivity contribution >= 4 is 40.8 Å². The molecule has 3 heterocycles. The Morgan fingerprint density at radius 2 is 1.94 bits per heavy atom. The fraction of sp³-hybridized carbons (Fsp3) is 0.474. The summed E-state index contributed by atoms with van der Waals surface area (Å²) in [4.78, 5) is 57.6. The molecular weight excluding hydrogens is 410 g/mol. The number of nitrogens with zero attached hydrogens (tertiary/aromatic N) is 3. The fourth-order valence-corrected chi connectivity index (χ4v) is 3.15. The van der Waals surface area contributed by atoms with Crippen LogP contribution < -0.4 is 11.1 Å². The first-order chi connectivity index (χ1) is 14.6. The van der Waals surface area contributed by atoms with Crippen molar-refractivity contribution in [3.63, 3.8) is 0 Å². The Balaban J connectivity index is 1.72. The second kappa shape index (κ2) is 8.20. The number of nitrogens with two attached hydrogens (primary N) is 1. The molecule has 31 heavy (non-hydrogen) atoms. The average molecular weight is 433 g/mol. The molecule has 12 heteroatoms. The van der Waals surface area contributed by atoms with Gasteiger partial charge >= 0.3 is 18.0 Å². The van der Waals surface area contributed by atoms with Crippen LogP contribution in [-0.2, 0) is 25.7 Å². The molecular formula is C19H23N5O7. The van der Waals surface area contributed by atoms with Gasteiger partial charge in [0.15, 0.2) is 12.4 Å². The Kier molecular flexibility index (Phi) is 5.82. The van der Waals surface area contributed by atoms with Crippen LogP contribution in [0, 0.1) is 6.92 Å². The van der Waals surface area contributed by atoms with E-state index in [0.29, 0.717) is 6.42 Å². The maximum atomic E-state index is 12.3. The number of nitrogens with one attached hydrogen (secondary N) is 1. The van der Waals surface area contributed by atoms with Gasteiger partial charge in [-0.1, -0.05) is 6.92 Å². The van der Waals surface area contributed by atoms with Gasteiger partial charge in [0.2, 0.25) is 5.71 Å². The summed E-state index contributed by atoms with van der Waals surface area (Å²) in [5.74, 6) is -1.69. The Labute approximate surface area is 177 Å². The summed E-state index contributed by atoms with van der Waals surface area (Å²) in [6, 6.07) is -0.661. The van der Waals surface area contributed by atoms with Crippen molar-refractivity contribution < 1.29 is 33.1 Å². The minimum Gasteiger partial charge on any atom is -0.462 e. The molecule has 0 spiro atoms. The largest absolute Gasteiger partial charge is 0.462 e. The average Bonchev–Trinajstić information content (AvgIpc) is 3.15. The summed E-state index contributed by atoms with van der Waals surface area (Å²) in [6.07, 6.45) is 0.382. The summed E-state index contributed by atoms with van der Waals surface area (Å²) in [5, 5.41) is 2.76. The summed E-state index contributed by atoms with van der Waals surface area (Å²) in [7, 11) is 0. The quantitative estimate of drug-likeness (QED) is 0.476. The van der Waals surface area contributed by atoms with E-state index in [1.54, 1.807) is 27.7 Å². The number of imide groups is 1. The second-order valence-corrected chi connectivity index (χ2v) is 7.13. The predicted molar refractivity (Wildman–Crippen MR) is 106 cm³/mol. The van der Waals surface area contributed by atoms with Crippen LogP contribution >= 0.6 is 0 Å². The van der Waals surface area contributed by atoms with Crippen LogP contribution in [0.1, 0.15) is 49.1 Å². The number of nitrogen functional groups attached to an aromatic ring is 1. The van der Waals surface area contributed by atoms with Crippen molar-refractivity contribution in [2.24, 2.45) is 0 Å². The number of hydrogen-bond donors (Lipinski definition) is 2. The van der Waals surface area contributed by atoms with Crippen LogP contribution in [-0.4, -0.2) is 57.4 Å². The highest BCUT2D eigenvalue weighted by molar-refractivity contribution is 6.08. The summed E-state index contributed by atoms with van der Waals surface area (Å²) in [5.41, 5.74) is 5.09. The Morgan fingerprint density at radius 3 is 2.55 bits per heavy atom. The highest BCUT2D eigenvalue weighted by Gasteiger charge is 2.47. The summed E-state index contributed by atoms with van der Waals surface area (Å²) < 4.78 is 15.6. The zero-order chi connectivity index (χ0) is 22.9. The number of amides is 3. The van der Waals surface area contributed by atoms with Crippen LogP contribution in [0.15, 0.2) is 4.42 Å². The van der Waals surface area contributed by atoms with Gasteiger partial charge < -0.3 is 24.9 Å². The highest BCUT2D eigenvalue weighted by Crippen LogP contribution is 2.29. The van der Waals surface area contributed by atoms with Crippen molar-refractivity contribution in [2.75, 3.05) is 18.9 Å². The number of esters is 2. The number of urea groups is 1. The van der Waals surface area contributed by atoms with Crippen LogP contribution in [0.25, 0.3) is 11.1 Å². The molecule has 1 aliphatic heterocycles. The molecule has 0 saturated carbocycles. The maximum Gasteiger partial charge on any atom is 0.342 e. The van der Waals surface area contributed by atoms with E-state index in [4.69, 9.17) is 19.6 Å². The molecule has 1 aliphatic rings. The van der Waals surface area contributed by atoms with Gasteiger partial charge in [-0.05, 0) is 27.2 Å². The molecule has 3 N–H and O–H groups in total. The molecule has 1 fully saturated rings. The lowest BCUT2D eigenvalue weighted by molar-refractivity contribution is -0.149. The lowest BCUT2D eigenvalue weighted by atomic mass is 9.99. The van der Waals surface area contributed by atoms with Gasteiger partial charge in [0.25, 0.3) is 5.91 Å². The first kappa shape index (κ1) is 22.0. The number of fused-ring (bicyclic) bond motifs is 1. The van der Waals surface area contributed by atoms with Gasteiger partial charge in [-0.25, -0.2) is 14.6 Å². The molecule has 2 aromatic heterocycles. The Hall–Kier alpha value is -3.70. The normalized spacial score (nSPS) is 18.4. The van der Waals surface area contributed by atoms with E-state index in [9.17, 15) is 19.2 Å². The number of hydrogen-bond acceptors (Lipinski definition) is 10. The third-order valence-corrected chi connectivity index (χ3v) is 4.98. The van der Waals surface area contributed by atoms with Gasteiger partial charge in [0.1, 0.15) is 29.2 Å². The van der Waals surface area contributed by atoms with E-state index >= 15 is 0 Å². The zero-order valence-corrected chi connectivity index (χ0v) is 17.6. The van der Waals surface area contributed by atoms with E-state index in [1.165, 1.54) is 0 Å². The lowest BCUT2D eigenvalue weighted by Crippen LogP contribution is -2.43. The molecule has 2 aromatic rings. The monoisotopic (exact) mass is 433 g/mol. The van der Waals surface area contributed by atoms with E-state index in [-0.39, 0.29) is 47.3 Å². The van der Waals surface area contributed by atoms with E-state index in [1.807, 2.05) is 0 Å². The third-order valence-electron chi connectivity index (χ3n) is 4.98. The van der Waals surface area contributed by atoms with Crippen molar-refractivity contribution in [1.82, 2.24) is 20.2 Å². The topological polar surface area (TPSA) is 167 Å². The minimum absolute atomic E-state index is 0.0260. The van der Waals surface area contributed by atoms with E-state index in [0.717, 1.165) is 4.90 Å². The van der Waals surface area contributed by atoms with Crippen molar-refractivity contribution in [3.8, 4) is 0 Å².